The Kier molecular flexibility index (Phi) is 2.57. The van der Waals surface area contributed by atoms with Crippen molar-refractivity contribution in [2.24, 2.45) is 5.92 Å². The van der Waals surface area contributed by atoms with Crippen molar-refractivity contribution in [2.75, 3.05) is 0 Å². The second-order valence-electron chi connectivity index (χ2n) is 4.11. The van der Waals surface area contributed by atoms with Crippen LogP contribution in [0.2, 0.25) is 0 Å². The number of rotatable bonds is 3. The number of ketones is 1. The Hall–Kier alpha value is -1.22. The standard InChI is InChI=1S/C12H13FO2/c1-7-6-9(13)4-5-10(7)12(15)11(14)8-2-3-8/h4-6,8,11,14H,2-3H2,1H3. The van der Waals surface area contributed by atoms with Crippen LogP contribution in [0.3, 0.4) is 0 Å². The summed E-state index contributed by atoms with van der Waals surface area (Å²) in [4.78, 5) is 11.8. The number of carbonyl (C=O) groups is 1. The monoisotopic (exact) mass is 208 g/mol. The summed E-state index contributed by atoms with van der Waals surface area (Å²) in [6.45, 7) is 1.68. The molecule has 1 aliphatic rings. The van der Waals surface area contributed by atoms with E-state index >= 15 is 0 Å². The van der Waals surface area contributed by atoms with Crippen molar-refractivity contribution in [1.82, 2.24) is 0 Å². The van der Waals surface area contributed by atoms with Gasteiger partial charge in [-0.25, -0.2) is 4.39 Å². The molecule has 0 amide bonds. The predicted molar refractivity (Wildman–Crippen MR) is 54.2 cm³/mol. The number of aliphatic hydroxyl groups excluding tert-OH is 1. The fraction of sp³-hybridized carbons (Fsp3) is 0.417. The van der Waals surface area contributed by atoms with Crippen LogP contribution in [-0.4, -0.2) is 17.0 Å². The molecular weight excluding hydrogens is 195 g/mol. The molecule has 80 valence electrons. The Labute approximate surface area is 87.7 Å². The molecule has 0 heterocycles. The summed E-state index contributed by atoms with van der Waals surface area (Å²) in [5, 5.41) is 9.66. The average molecular weight is 208 g/mol. The van der Waals surface area contributed by atoms with Crippen LogP contribution in [0.1, 0.15) is 28.8 Å². The van der Waals surface area contributed by atoms with E-state index in [1.165, 1.54) is 18.2 Å². The van der Waals surface area contributed by atoms with E-state index in [2.05, 4.69) is 0 Å². The molecule has 0 spiro atoms. The minimum atomic E-state index is -0.908. The van der Waals surface area contributed by atoms with Crippen LogP contribution >= 0.6 is 0 Å². The second kappa shape index (κ2) is 3.74. The lowest BCUT2D eigenvalue weighted by atomic mass is 9.99. The van der Waals surface area contributed by atoms with Gasteiger partial charge < -0.3 is 5.11 Å². The number of halogens is 1. The van der Waals surface area contributed by atoms with Gasteiger partial charge in [0.25, 0.3) is 0 Å². The molecule has 1 atom stereocenters. The molecule has 0 aliphatic heterocycles. The molecule has 15 heavy (non-hydrogen) atoms. The Bertz CT molecular complexity index is 397. The zero-order chi connectivity index (χ0) is 11.0. The van der Waals surface area contributed by atoms with E-state index in [0.717, 1.165) is 12.8 Å². The van der Waals surface area contributed by atoms with Gasteiger partial charge in [0.1, 0.15) is 11.9 Å². The van der Waals surface area contributed by atoms with Crippen LogP contribution in [0.15, 0.2) is 18.2 Å². The molecule has 1 aromatic rings. The smallest absolute Gasteiger partial charge is 0.191 e. The molecular formula is C12H13FO2. The van der Waals surface area contributed by atoms with Gasteiger partial charge in [0, 0.05) is 5.56 Å². The van der Waals surface area contributed by atoms with Crippen molar-refractivity contribution < 1.29 is 14.3 Å². The largest absolute Gasteiger partial charge is 0.385 e. The minimum absolute atomic E-state index is 0.113. The van der Waals surface area contributed by atoms with Crippen LogP contribution in [0.25, 0.3) is 0 Å². The Balaban J connectivity index is 2.24. The van der Waals surface area contributed by atoms with E-state index in [4.69, 9.17) is 0 Å². The average Bonchev–Trinajstić information content (AvgIpc) is 2.99. The first-order valence-electron chi connectivity index (χ1n) is 5.08. The summed E-state index contributed by atoms with van der Waals surface area (Å²) in [5.74, 6) is -0.526. The van der Waals surface area contributed by atoms with Gasteiger partial charge >= 0.3 is 0 Å². The van der Waals surface area contributed by atoms with Crippen molar-refractivity contribution in [3.8, 4) is 0 Å². The molecule has 0 aromatic heterocycles. The molecule has 1 aliphatic carbocycles. The number of carbonyl (C=O) groups excluding carboxylic acids is 1. The van der Waals surface area contributed by atoms with E-state index in [-0.39, 0.29) is 17.5 Å². The van der Waals surface area contributed by atoms with Crippen LogP contribution in [0.4, 0.5) is 4.39 Å². The Morgan fingerprint density at radius 1 is 1.53 bits per heavy atom. The second-order valence-corrected chi connectivity index (χ2v) is 4.11. The highest BCUT2D eigenvalue weighted by Crippen LogP contribution is 2.34. The highest BCUT2D eigenvalue weighted by molar-refractivity contribution is 6.00. The maximum Gasteiger partial charge on any atom is 0.191 e. The van der Waals surface area contributed by atoms with Gasteiger partial charge in [-0.3, -0.25) is 4.79 Å². The molecule has 1 aromatic carbocycles. The zero-order valence-electron chi connectivity index (χ0n) is 8.53. The van der Waals surface area contributed by atoms with Crippen molar-refractivity contribution >= 4 is 5.78 Å². The van der Waals surface area contributed by atoms with Gasteiger partial charge in [0.2, 0.25) is 0 Å². The van der Waals surface area contributed by atoms with E-state index < -0.39 is 6.10 Å². The molecule has 1 unspecified atom stereocenters. The van der Waals surface area contributed by atoms with Gasteiger partial charge in [-0.1, -0.05) is 0 Å². The van der Waals surface area contributed by atoms with Gasteiger partial charge in [0.05, 0.1) is 0 Å². The third-order valence-corrected chi connectivity index (χ3v) is 2.79. The van der Waals surface area contributed by atoms with E-state index in [1.807, 2.05) is 0 Å². The summed E-state index contributed by atoms with van der Waals surface area (Å²) in [7, 11) is 0. The predicted octanol–water partition coefficient (Wildman–Crippen LogP) is 2.09. The minimum Gasteiger partial charge on any atom is -0.385 e. The molecule has 0 radical (unpaired) electrons. The fourth-order valence-electron chi connectivity index (χ4n) is 1.69. The molecule has 0 bridgehead atoms. The summed E-state index contributed by atoms with van der Waals surface area (Å²) in [6, 6.07) is 4.01. The van der Waals surface area contributed by atoms with Gasteiger partial charge in [-0.15, -0.1) is 0 Å². The zero-order valence-corrected chi connectivity index (χ0v) is 8.53. The third-order valence-electron chi connectivity index (χ3n) is 2.79. The number of aliphatic hydroxyl groups is 1. The Morgan fingerprint density at radius 2 is 2.20 bits per heavy atom. The summed E-state index contributed by atoms with van der Waals surface area (Å²) >= 11 is 0. The molecule has 2 rings (SSSR count). The first-order chi connectivity index (χ1) is 7.09. The Morgan fingerprint density at radius 3 is 2.73 bits per heavy atom. The molecule has 1 saturated carbocycles. The lowest BCUT2D eigenvalue weighted by Crippen LogP contribution is -2.23. The first-order valence-corrected chi connectivity index (χ1v) is 5.08. The van der Waals surface area contributed by atoms with Gasteiger partial charge in [-0.2, -0.15) is 0 Å². The summed E-state index contributed by atoms with van der Waals surface area (Å²) < 4.78 is 12.8. The molecule has 3 heteroatoms. The van der Waals surface area contributed by atoms with Crippen molar-refractivity contribution in [2.45, 2.75) is 25.9 Å². The quantitative estimate of drug-likeness (QED) is 0.772. The topological polar surface area (TPSA) is 37.3 Å². The van der Waals surface area contributed by atoms with E-state index in [9.17, 15) is 14.3 Å². The van der Waals surface area contributed by atoms with Crippen LogP contribution in [0, 0.1) is 18.7 Å². The molecule has 0 saturated heterocycles. The van der Waals surface area contributed by atoms with Crippen molar-refractivity contribution in [1.29, 1.82) is 0 Å². The molecule has 2 nitrogen and oxygen atoms in total. The maximum atomic E-state index is 12.8. The van der Waals surface area contributed by atoms with Crippen molar-refractivity contribution in [3.63, 3.8) is 0 Å². The maximum absolute atomic E-state index is 12.8. The SMILES string of the molecule is Cc1cc(F)ccc1C(=O)C(O)C1CC1. The molecule has 1 fully saturated rings. The van der Waals surface area contributed by atoms with Crippen LogP contribution in [-0.2, 0) is 0 Å². The van der Waals surface area contributed by atoms with Crippen LogP contribution in [0.5, 0.6) is 0 Å². The van der Waals surface area contributed by atoms with Crippen molar-refractivity contribution in [3.05, 3.63) is 35.1 Å². The van der Waals surface area contributed by atoms with Crippen LogP contribution < -0.4 is 0 Å². The third kappa shape index (κ3) is 2.07. The normalized spacial score (nSPS) is 17.5. The molecule has 1 N–H and O–H groups in total. The number of hydrogen-bond acceptors (Lipinski definition) is 2. The first kappa shape index (κ1) is 10.3. The van der Waals surface area contributed by atoms with E-state index in [1.54, 1.807) is 6.92 Å². The lowest BCUT2D eigenvalue weighted by molar-refractivity contribution is 0.0703. The number of aryl methyl sites for hydroxylation is 1. The number of benzene rings is 1. The fourth-order valence-corrected chi connectivity index (χ4v) is 1.69. The summed E-state index contributed by atoms with van der Waals surface area (Å²) in [5.41, 5.74) is 1.01. The lowest BCUT2D eigenvalue weighted by Gasteiger charge is -2.10. The van der Waals surface area contributed by atoms with Gasteiger partial charge in [0.15, 0.2) is 5.78 Å². The highest BCUT2D eigenvalue weighted by atomic mass is 19.1. The highest BCUT2D eigenvalue weighted by Gasteiger charge is 2.35. The van der Waals surface area contributed by atoms with E-state index in [0.29, 0.717) is 11.1 Å². The number of hydrogen-bond donors (Lipinski definition) is 1. The van der Waals surface area contributed by atoms with Gasteiger partial charge in [-0.05, 0) is 49.4 Å². The number of Topliss-reactive ketones (excluding diaryl/α,β-unsaturated/α-hetero) is 1. The summed E-state index contributed by atoms with van der Waals surface area (Å²) in [6.07, 6.45) is 0.912.